The van der Waals surface area contributed by atoms with Gasteiger partial charge >= 0.3 is 6.09 Å². The van der Waals surface area contributed by atoms with Crippen LogP contribution in [0.3, 0.4) is 0 Å². The quantitative estimate of drug-likeness (QED) is 0.473. The van der Waals surface area contributed by atoms with Crippen LogP contribution in [0.2, 0.25) is 0 Å². The van der Waals surface area contributed by atoms with Gasteiger partial charge in [-0.25, -0.2) is 15.2 Å². The number of alkyl halides is 4. The molecule has 6 unspecified atom stereocenters. The third-order valence-electron chi connectivity index (χ3n) is 5.40. The number of rotatable bonds is 0. The molecule has 1 saturated heterocycles. The zero-order valence-corrected chi connectivity index (χ0v) is 15.6. The van der Waals surface area contributed by atoms with Gasteiger partial charge in [0.1, 0.15) is 9.75 Å². The number of allylic oxidation sites excluding steroid dienone is 2. The molecule has 3 fully saturated rings. The number of hydrazine groups is 1. The molecular formula is C12H10Cl6N2O2. The van der Waals surface area contributed by atoms with E-state index in [4.69, 9.17) is 74.3 Å². The van der Waals surface area contributed by atoms with Crippen LogP contribution in [0.1, 0.15) is 6.42 Å². The average molecular weight is 427 g/mol. The van der Waals surface area contributed by atoms with Crippen molar-refractivity contribution in [2.45, 2.75) is 32.6 Å². The lowest BCUT2D eigenvalue weighted by molar-refractivity contribution is 0.0470. The van der Waals surface area contributed by atoms with E-state index in [1.54, 1.807) is 0 Å². The number of fused-ring (bicyclic) bond motifs is 9. The average Bonchev–Trinajstić information content (AvgIpc) is 3.12. The first-order chi connectivity index (χ1) is 10.1. The van der Waals surface area contributed by atoms with Crippen LogP contribution in [0.15, 0.2) is 10.1 Å². The number of ether oxygens (including phenoxy) is 1. The highest BCUT2D eigenvalue weighted by Crippen LogP contribution is 2.79. The van der Waals surface area contributed by atoms with Crippen LogP contribution in [0.25, 0.3) is 0 Å². The molecule has 0 aromatic heterocycles. The van der Waals surface area contributed by atoms with Crippen LogP contribution >= 0.6 is 69.6 Å². The Balaban J connectivity index is 1.87. The monoisotopic (exact) mass is 424 g/mol. The summed E-state index contributed by atoms with van der Waals surface area (Å²) in [5, 5.41) is 1.77. The van der Waals surface area contributed by atoms with E-state index < -0.39 is 20.2 Å². The Bertz CT molecular complexity index is 627. The van der Waals surface area contributed by atoms with Crippen molar-refractivity contribution in [2.24, 2.45) is 11.8 Å². The van der Waals surface area contributed by atoms with Crippen molar-refractivity contribution in [3.63, 3.8) is 0 Å². The number of carbonyl (C=O) groups excluding carboxylic acids is 1. The number of methoxy groups -OCH3 is 1. The Morgan fingerprint density at radius 3 is 2.27 bits per heavy atom. The lowest BCUT2D eigenvalue weighted by Gasteiger charge is -2.43. The Morgan fingerprint density at radius 2 is 1.73 bits per heavy atom. The number of halogens is 6. The van der Waals surface area contributed by atoms with Crippen molar-refractivity contribution in [1.29, 1.82) is 0 Å². The van der Waals surface area contributed by atoms with E-state index in [0.29, 0.717) is 6.42 Å². The summed E-state index contributed by atoms with van der Waals surface area (Å²) in [6, 6.07) is -0.404. The van der Waals surface area contributed by atoms with Gasteiger partial charge in [0.25, 0.3) is 0 Å². The highest BCUT2D eigenvalue weighted by atomic mass is 35.5. The zero-order valence-electron chi connectivity index (χ0n) is 11.0. The molecule has 4 rings (SSSR count). The summed E-state index contributed by atoms with van der Waals surface area (Å²) in [7, 11) is 1.31. The predicted octanol–water partition coefficient (Wildman–Crippen LogP) is 3.79. The lowest BCUT2D eigenvalue weighted by Crippen LogP contribution is -2.59. The summed E-state index contributed by atoms with van der Waals surface area (Å²) in [4.78, 5) is 9.30. The number of nitrogens with zero attached hydrogens (tertiary/aromatic N) is 1. The largest absolute Gasteiger partial charge is 0.452 e. The van der Waals surface area contributed by atoms with Gasteiger partial charge in [-0.05, 0) is 6.42 Å². The molecule has 2 saturated carbocycles. The molecule has 10 heteroatoms. The van der Waals surface area contributed by atoms with Crippen molar-refractivity contribution >= 4 is 75.7 Å². The number of hydrogen-bond acceptors (Lipinski definition) is 3. The molecule has 1 heterocycles. The molecule has 122 valence electrons. The molecule has 6 atom stereocenters. The predicted molar refractivity (Wildman–Crippen MR) is 86.9 cm³/mol. The molecule has 0 aromatic rings. The molecule has 3 aliphatic carbocycles. The summed E-state index contributed by atoms with van der Waals surface area (Å²) < 4.78 is 3.21. The Hall–Kier alpha value is 0.710. The lowest BCUT2D eigenvalue weighted by atomic mass is 9.80. The smallest absolute Gasteiger partial charge is 0.424 e. The van der Waals surface area contributed by atoms with Gasteiger partial charge in [-0.2, -0.15) is 0 Å². The first kappa shape index (κ1) is 16.2. The first-order valence-electron chi connectivity index (χ1n) is 6.59. The number of amides is 1. The Labute approximate surface area is 156 Å². The summed E-state index contributed by atoms with van der Waals surface area (Å²) >= 11 is 39.4. The fourth-order valence-electron chi connectivity index (χ4n) is 4.61. The Kier molecular flexibility index (Phi) is 3.28. The third kappa shape index (κ3) is 1.37. The second-order valence-electron chi connectivity index (χ2n) is 6.06. The van der Waals surface area contributed by atoms with E-state index in [1.807, 2.05) is 0 Å². The van der Waals surface area contributed by atoms with Crippen molar-refractivity contribution in [1.82, 2.24) is 10.4 Å². The summed E-state index contributed by atoms with van der Waals surface area (Å²) in [5.41, 5.74) is 3.09. The number of nitrogens with one attached hydrogen (secondary N) is 1. The summed E-state index contributed by atoms with van der Waals surface area (Å²) in [6.45, 7) is 0. The van der Waals surface area contributed by atoms with Crippen LogP contribution in [0.4, 0.5) is 4.79 Å². The van der Waals surface area contributed by atoms with Gasteiger partial charge in [0.05, 0.1) is 23.2 Å². The molecule has 1 aliphatic heterocycles. The highest BCUT2D eigenvalue weighted by molar-refractivity contribution is 6.65. The summed E-state index contributed by atoms with van der Waals surface area (Å²) in [6.07, 6.45) is 0.157. The van der Waals surface area contributed by atoms with Crippen LogP contribution in [-0.2, 0) is 4.74 Å². The van der Waals surface area contributed by atoms with Crippen LogP contribution in [-0.4, -0.2) is 44.4 Å². The van der Waals surface area contributed by atoms with Gasteiger partial charge in [-0.15, -0.1) is 23.2 Å². The second kappa shape index (κ2) is 4.46. The van der Waals surface area contributed by atoms with Crippen LogP contribution < -0.4 is 5.43 Å². The highest BCUT2D eigenvalue weighted by Gasteiger charge is 2.87. The van der Waals surface area contributed by atoms with Crippen molar-refractivity contribution in [2.75, 3.05) is 7.11 Å². The van der Waals surface area contributed by atoms with Gasteiger partial charge in [0.2, 0.25) is 0 Å². The van der Waals surface area contributed by atoms with E-state index in [2.05, 4.69) is 5.43 Å². The maximum atomic E-state index is 11.9. The van der Waals surface area contributed by atoms with Gasteiger partial charge in [-0.1, -0.05) is 46.4 Å². The van der Waals surface area contributed by atoms with Gasteiger partial charge in [-0.3, -0.25) is 0 Å². The molecule has 4 bridgehead atoms. The topological polar surface area (TPSA) is 41.6 Å². The maximum absolute atomic E-state index is 11.9. The minimum atomic E-state index is -1.57. The van der Waals surface area contributed by atoms with Crippen LogP contribution in [0, 0.1) is 11.8 Å². The molecule has 4 aliphatic rings. The molecule has 0 aromatic carbocycles. The molecule has 22 heavy (non-hydrogen) atoms. The van der Waals surface area contributed by atoms with Gasteiger partial charge in [0.15, 0.2) is 4.33 Å². The zero-order chi connectivity index (χ0) is 16.2. The van der Waals surface area contributed by atoms with Crippen molar-refractivity contribution in [3.8, 4) is 0 Å². The molecule has 1 N–H and O–H groups in total. The van der Waals surface area contributed by atoms with E-state index in [9.17, 15) is 4.79 Å². The minimum absolute atomic E-state index is 0.136. The second-order valence-corrected chi connectivity index (χ2v) is 9.33. The summed E-state index contributed by atoms with van der Waals surface area (Å²) in [5.74, 6) is -0.551. The molecular weight excluding hydrogens is 417 g/mol. The number of hydrogen-bond donors (Lipinski definition) is 1. The normalized spacial score (nSPS) is 50.8. The van der Waals surface area contributed by atoms with Crippen molar-refractivity contribution < 1.29 is 9.53 Å². The maximum Gasteiger partial charge on any atom is 0.424 e. The molecule has 4 nitrogen and oxygen atoms in total. The van der Waals surface area contributed by atoms with E-state index in [0.717, 1.165) is 0 Å². The first-order valence-corrected chi connectivity index (χ1v) is 8.86. The van der Waals surface area contributed by atoms with Crippen LogP contribution in [0.5, 0.6) is 0 Å². The SMILES string of the molecule is COC(=O)N1NC2CC1C1C2C2(Cl)C(Cl)=C(Cl)C1(Cl)C2(Cl)Cl. The standard InChI is InChI=1S/C12H10Cl6N2O2/c1-22-9(21)20-4-2-3(19-20)5-6(4)11(16)8(14)7(13)10(5,15)12(11,17)18/h3-6,19H,2H2,1H3. The van der Waals surface area contributed by atoms with Gasteiger partial charge < -0.3 is 4.74 Å². The van der Waals surface area contributed by atoms with E-state index in [1.165, 1.54) is 12.1 Å². The fourth-order valence-corrected chi connectivity index (χ4v) is 7.72. The fraction of sp³-hybridized carbons (Fsp3) is 0.750. The van der Waals surface area contributed by atoms with Crippen molar-refractivity contribution in [3.05, 3.63) is 10.1 Å². The van der Waals surface area contributed by atoms with Gasteiger partial charge in [0, 0.05) is 17.9 Å². The number of carbonyl (C=O) groups is 1. The molecule has 1 amide bonds. The molecule has 0 spiro atoms. The third-order valence-corrected chi connectivity index (χ3v) is 9.69. The minimum Gasteiger partial charge on any atom is -0.452 e. The van der Waals surface area contributed by atoms with E-state index in [-0.39, 0.29) is 34.0 Å². The Morgan fingerprint density at radius 1 is 1.18 bits per heavy atom. The molecule has 0 radical (unpaired) electrons. The van der Waals surface area contributed by atoms with E-state index >= 15 is 0 Å².